The fraction of sp³-hybridized carbons (Fsp3) is 0.643. The standard InChI is InChI=1S/C14H22N6/c1-3-15-14-18-12(11-8-17-20-13(11)19-14)16-7-10-6-4-5-9(10)2/h8-10H,3-7H2,1-2H3,(H3,15,16,17,18,19,20). The number of aromatic nitrogens is 4. The second-order valence-corrected chi connectivity index (χ2v) is 5.61. The number of hydrogen-bond donors (Lipinski definition) is 3. The van der Waals surface area contributed by atoms with E-state index in [9.17, 15) is 0 Å². The molecule has 1 saturated carbocycles. The monoisotopic (exact) mass is 274 g/mol. The Morgan fingerprint density at radius 1 is 1.30 bits per heavy atom. The van der Waals surface area contributed by atoms with Crippen LogP contribution >= 0.6 is 0 Å². The summed E-state index contributed by atoms with van der Waals surface area (Å²) in [5.74, 6) is 3.07. The third-order valence-corrected chi connectivity index (χ3v) is 4.22. The molecule has 0 spiro atoms. The minimum absolute atomic E-state index is 0.645. The van der Waals surface area contributed by atoms with Crippen LogP contribution in [0.2, 0.25) is 0 Å². The van der Waals surface area contributed by atoms with Gasteiger partial charge >= 0.3 is 0 Å². The third kappa shape index (κ3) is 2.55. The molecule has 0 bridgehead atoms. The summed E-state index contributed by atoms with van der Waals surface area (Å²) in [6.07, 6.45) is 5.79. The van der Waals surface area contributed by atoms with Crippen LogP contribution in [0.15, 0.2) is 6.20 Å². The number of anilines is 2. The largest absolute Gasteiger partial charge is 0.369 e. The van der Waals surface area contributed by atoms with E-state index in [-0.39, 0.29) is 0 Å². The molecule has 2 aromatic heterocycles. The number of rotatable bonds is 5. The zero-order valence-corrected chi connectivity index (χ0v) is 12.1. The highest BCUT2D eigenvalue weighted by Crippen LogP contribution is 2.31. The van der Waals surface area contributed by atoms with E-state index in [1.54, 1.807) is 6.20 Å². The lowest BCUT2D eigenvalue weighted by Crippen LogP contribution is -2.17. The van der Waals surface area contributed by atoms with Gasteiger partial charge in [-0.25, -0.2) is 0 Å². The minimum Gasteiger partial charge on any atom is -0.369 e. The molecular formula is C14H22N6. The molecular weight excluding hydrogens is 252 g/mol. The first-order chi connectivity index (χ1) is 9.78. The van der Waals surface area contributed by atoms with Crippen LogP contribution in [-0.2, 0) is 0 Å². The Morgan fingerprint density at radius 2 is 2.20 bits per heavy atom. The lowest BCUT2D eigenvalue weighted by molar-refractivity contribution is 0.439. The molecule has 2 atom stereocenters. The molecule has 0 radical (unpaired) electrons. The van der Waals surface area contributed by atoms with E-state index in [0.29, 0.717) is 5.95 Å². The predicted octanol–water partition coefficient (Wildman–Crippen LogP) is 2.63. The normalized spacial score (nSPS) is 22.3. The number of nitrogens with one attached hydrogen (secondary N) is 3. The first kappa shape index (κ1) is 13.1. The molecule has 108 valence electrons. The van der Waals surface area contributed by atoms with Gasteiger partial charge in [0.25, 0.3) is 0 Å². The molecule has 2 unspecified atom stereocenters. The second kappa shape index (κ2) is 5.64. The molecule has 1 fully saturated rings. The van der Waals surface area contributed by atoms with Crippen LogP contribution in [0, 0.1) is 11.8 Å². The van der Waals surface area contributed by atoms with Gasteiger partial charge in [0.1, 0.15) is 5.82 Å². The van der Waals surface area contributed by atoms with Crippen molar-refractivity contribution in [3.05, 3.63) is 6.20 Å². The third-order valence-electron chi connectivity index (χ3n) is 4.22. The molecule has 0 amide bonds. The number of H-pyrrole nitrogens is 1. The van der Waals surface area contributed by atoms with Gasteiger partial charge in [-0.3, -0.25) is 5.10 Å². The van der Waals surface area contributed by atoms with Crippen molar-refractivity contribution in [3.63, 3.8) is 0 Å². The molecule has 20 heavy (non-hydrogen) atoms. The minimum atomic E-state index is 0.645. The van der Waals surface area contributed by atoms with Gasteiger partial charge in [-0.05, 0) is 25.2 Å². The Kier molecular flexibility index (Phi) is 3.71. The van der Waals surface area contributed by atoms with E-state index >= 15 is 0 Å². The molecule has 0 aromatic carbocycles. The Balaban J connectivity index is 1.80. The number of hydrogen-bond acceptors (Lipinski definition) is 5. The lowest BCUT2D eigenvalue weighted by Gasteiger charge is -2.17. The van der Waals surface area contributed by atoms with E-state index in [1.807, 2.05) is 6.92 Å². The maximum Gasteiger partial charge on any atom is 0.226 e. The average Bonchev–Trinajstić information content (AvgIpc) is 3.05. The van der Waals surface area contributed by atoms with Gasteiger partial charge in [-0.1, -0.05) is 19.8 Å². The van der Waals surface area contributed by atoms with Crippen LogP contribution in [0.25, 0.3) is 11.0 Å². The maximum atomic E-state index is 4.56. The van der Waals surface area contributed by atoms with Gasteiger partial charge in [0.05, 0.1) is 11.6 Å². The van der Waals surface area contributed by atoms with Crippen molar-refractivity contribution in [2.75, 3.05) is 23.7 Å². The number of aromatic amines is 1. The van der Waals surface area contributed by atoms with Crippen LogP contribution in [0.3, 0.4) is 0 Å². The fourth-order valence-corrected chi connectivity index (χ4v) is 2.96. The quantitative estimate of drug-likeness (QED) is 0.781. The summed E-state index contributed by atoms with van der Waals surface area (Å²) in [4.78, 5) is 8.96. The molecule has 0 saturated heterocycles. The van der Waals surface area contributed by atoms with Gasteiger partial charge in [0.2, 0.25) is 5.95 Å². The summed E-state index contributed by atoms with van der Waals surface area (Å²) >= 11 is 0. The zero-order valence-electron chi connectivity index (χ0n) is 12.1. The van der Waals surface area contributed by atoms with E-state index in [0.717, 1.165) is 41.8 Å². The zero-order chi connectivity index (χ0) is 13.9. The van der Waals surface area contributed by atoms with E-state index < -0.39 is 0 Å². The lowest BCUT2D eigenvalue weighted by atomic mass is 9.98. The molecule has 1 aliphatic rings. The van der Waals surface area contributed by atoms with Crippen molar-refractivity contribution >= 4 is 22.8 Å². The van der Waals surface area contributed by atoms with Crippen molar-refractivity contribution in [2.45, 2.75) is 33.1 Å². The topological polar surface area (TPSA) is 78.5 Å². The molecule has 3 rings (SSSR count). The van der Waals surface area contributed by atoms with E-state index in [2.05, 4.69) is 37.7 Å². The van der Waals surface area contributed by atoms with Crippen LogP contribution in [0.4, 0.5) is 11.8 Å². The molecule has 0 aliphatic heterocycles. The first-order valence-corrected chi connectivity index (χ1v) is 7.46. The molecule has 6 heteroatoms. The van der Waals surface area contributed by atoms with Crippen LogP contribution < -0.4 is 10.6 Å². The summed E-state index contributed by atoms with van der Waals surface area (Å²) in [6.45, 7) is 6.16. The van der Waals surface area contributed by atoms with Gasteiger partial charge in [-0.2, -0.15) is 15.1 Å². The highest BCUT2D eigenvalue weighted by atomic mass is 15.2. The smallest absolute Gasteiger partial charge is 0.226 e. The highest BCUT2D eigenvalue weighted by molar-refractivity contribution is 5.86. The van der Waals surface area contributed by atoms with E-state index in [1.165, 1.54) is 19.3 Å². The van der Waals surface area contributed by atoms with Crippen molar-refractivity contribution < 1.29 is 0 Å². The van der Waals surface area contributed by atoms with Gasteiger partial charge in [0.15, 0.2) is 5.65 Å². The Labute approximate surface area is 118 Å². The average molecular weight is 274 g/mol. The van der Waals surface area contributed by atoms with Crippen molar-refractivity contribution in [1.29, 1.82) is 0 Å². The van der Waals surface area contributed by atoms with Crippen LogP contribution in [0.5, 0.6) is 0 Å². The summed E-state index contributed by atoms with van der Waals surface area (Å²) in [5, 5.41) is 14.6. The van der Waals surface area contributed by atoms with Crippen LogP contribution in [-0.4, -0.2) is 33.3 Å². The first-order valence-electron chi connectivity index (χ1n) is 7.46. The Hall–Kier alpha value is -1.85. The van der Waals surface area contributed by atoms with Crippen molar-refractivity contribution in [2.24, 2.45) is 11.8 Å². The maximum absolute atomic E-state index is 4.56. The van der Waals surface area contributed by atoms with Crippen LogP contribution in [0.1, 0.15) is 33.1 Å². The highest BCUT2D eigenvalue weighted by Gasteiger charge is 2.23. The second-order valence-electron chi connectivity index (χ2n) is 5.61. The summed E-state index contributed by atoms with van der Waals surface area (Å²) in [6, 6.07) is 0. The predicted molar refractivity (Wildman–Crippen MR) is 80.8 cm³/mol. The number of fused-ring (bicyclic) bond motifs is 1. The summed E-state index contributed by atoms with van der Waals surface area (Å²) in [7, 11) is 0. The van der Waals surface area contributed by atoms with Crippen molar-refractivity contribution in [1.82, 2.24) is 20.2 Å². The SMILES string of the molecule is CCNc1nc(NCC2CCCC2C)c2cn[nH]c2n1. The fourth-order valence-electron chi connectivity index (χ4n) is 2.96. The molecule has 3 N–H and O–H groups in total. The Morgan fingerprint density at radius 3 is 2.95 bits per heavy atom. The molecule has 2 aromatic rings. The van der Waals surface area contributed by atoms with Gasteiger partial charge in [0, 0.05) is 13.1 Å². The summed E-state index contributed by atoms with van der Waals surface area (Å²) < 4.78 is 0. The number of nitrogens with zero attached hydrogens (tertiary/aromatic N) is 3. The van der Waals surface area contributed by atoms with Gasteiger partial charge < -0.3 is 10.6 Å². The summed E-state index contributed by atoms with van der Waals surface area (Å²) in [5.41, 5.74) is 0.776. The Bertz CT molecular complexity index is 578. The van der Waals surface area contributed by atoms with Crippen molar-refractivity contribution in [3.8, 4) is 0 Å². The molecule has 6 nitrogen and oxygen atoms in total. The molecule has 2 heterocycles. The molecule has 1 aliphatic carbocycles. The van der Waals surface area contributed by atoms with Gasteiger partial charge in [-0.15, -0.1) is 0 Å². The van der Waals surface area contributed by atoms with E-state index in [4.69, 9.17) is 0 Å².